The van der Waals surface area contributed by atoms with Gasteiger partial charge in [0, 0.05) is 13.6 Å². The normalized spacial score (nSPS) is 35.0. The molecule has 0 spiro atoms. The summed E-state index contributed by atoms with van der Waals surface area (Å²) in [4.78, 5) is 10.9. The fraction of sp³-hybridized carbons (Fsp3) is 0.700. The van der Waals surface area contributed by atoms with E-state index in [0.29, 0.717) is 5.92 Å². The first-order valence-corrected chi connectivity index (χ1v) is 4.93. The number of rotatable bonds is 2. The number of carbonyl (C=O) groups excluding carboxylic acids is 1. The van der Waals surface area contributed by atoms with Gasteiger partial charge in [-0.25, -0.2) is 4.79 Å². The third-order valence-electron chi connectivity index (χ3n) is 3.17. The highest BCUT2D eigenvalue weighted by Gasteiger charge is 2.35. The van der Waals surface area contributed by atoms with Crippen LogP contribution in [-0.2, 0) is 0 Å². The predicted octanol–water partition coefficient (Wildman–Crippen LogP) is 1.13. The second-order valence-corrected chi connectivity index (χ2v) is 4.00. The summed E-state index contributed by atoms with van der Waals surface area (Å²) >= 11 is 0. The van der Waals surface area contributed by atoms with Crippen LogP contribution in [-0.4, -0.2) is 19.6 Å². The standard InChI is InChI=1S/C10H16N2O/c1-11-10(13)12-6-9-5-7-2-3-8(9)4-7/h2-3,7-9H,4-6H2,1H3,(H2,11,12,13)/t7?,8?,9-/m0/s1. The first-order valence-electron chi connectivity index (χ1n) is 4.93. The maximum absolute atomic E-state index is 10.9. The quantitative estimate of drug-likeness (QED) is 0.614. The summed E-state index contributed by atoms with van der Waals surface area (Å²) in [6.07, 6.45) is 7.19. The van der Waals surface area contributed by atoms with Gasteiger partial charge in [-0.15, -0.1) is 0 Å². The molecule has 72 valence electrons. The van der Waals surface area contributed by atoms with Gasteiger partial charge in [-0.05, 0) is 30.6 Å². The van der Waals surface area contributed by atoms with Crippen molar-refractivity contribution in [1.82, 2.24) is 10.6 Å². The molecule has 3 atom stereocenters. The molecule has 1 saturated carbocycles. The molecule has 0 aromatic carbocycles. The maximum Gasteiger partial charge on any atom is 0.314 e. The van der Waals surface area contributed by atoms with E-state index in [1.54, 1.807) is 7.05 Å². The van der Waals surface area contributed by atoms with Gasteiger partial charge in [-0.1, -0.05) is 12.2 Å². The summed E-state index contributed by atoms with van der Waals surface area (Å²) in [6.45, 7) is 0.825. The minimum atomic E-state index is -0.0632. The second kappa shape index (κ2) is 3.40. The third-order valence-corrected chi connectivity index (χ3v) is 3.17. The monoisotopic (exact) mass is 180 g/mol. The summed E-state index contributed by atoms with van der Waals surface area (Å²) in [7, 11) is 1.65. The van der Waals surface area contributed by atoms with Gasteiger partial charge < -0.3 is 10.6 Å². The van der Waals surface area contributed by atoms with Crippen molar-refractivity contribution in [3.8, 4) is 0 Å². The predicted molar refractivity (Wildman–Crippen MR) is 51.3 cm³/mol. The van der Waals surface area contributed by atoms with Crippen LogP contribution in [0.15, 0.2) is 12.2 Å². The van der Waals surface area contributed by atoms with Gasteiger partial charge in [-0.2, -0.15) is 0 Å². The molecule has 13 heavy (non-hydrogen) atoms. The zero-order chi connectivity index (χ0) is 9.26. The Morgan fingerprint density at radius 1 is 1.46 bits per heavy atom. The average molecular weight is 180 g/mol. The summed E-state index contributed by atoms with van der Waals surface area (Å²) in [5.74, 6) is 2.19. The number of nitrogens with one attached hydrogen (secondary N) is 2. The number of hydrogen-bond acceptors (Lipinski definition) is 1. The molecule has 0 saturated heterocycles. The molecule has 2 amide bonds. The number of carbonyl (C=O) groups is 1. The minimum Gasteiger partial charge on any atom is -0.341 e. The van der Waals surface area contributed by atoms with Crippen LogP contribution in [0.1, 0.15) is 12.8 Å². The van der Waals surface area contributed by atoms with E-state index in [1.807, 2.05) is 0 Å². The van der Waals surface area contributed by atoms with Gasteiger partial charge in [0.05, 0.1) is 0 Å². The Hall–Kier alpha value is -0.990. The number of fused-ring (bicyclic) bond motifs is 2. The van der Waals surface area contributed by atoms with Crippen LogP contribution in [0.2, 0.25) is 0 Å². The van der Waals surface area contributed by atoms with Crippen molar-refractivity contribution in [2.75, 3.05) is 13.6 Å². The highest BCUT2D eigenvalue weighted by Crippen LogP contribution is 2.42. The van der Waals surface area contributed by atoms with Crippen molar-refractivity contribution in [1.29, 1.82) is 0 Å². The van der Waals surface area contributed by atoms with Gasteiger partial charge in [-0.3, -0.25) is 0 Å². The minimum absolute atomic E-state index is 0.0632. The topological polar surface area (TPSA) is 41.1 Å². The molecule has 2 rings (SSSR count). The van der Waals surface area contributed by atoms with Crippen molar-refractivity contribution in [2.24, 2.45) is 17.8 Å². The Kier molecular flexibility index (Phi) is 2.25. The van der Waals surface area contributed by atoms with Gasteiger partial charge >= 0.3 is 6.03 Å². The Balaban J connectivity index is 1.78. The number of allylic oxidation sites excluding steroid dienone is 2. The molecule has 2 unspecified atom stereocenters. The molecule has 3 heteroatoms. The van der Waals surface area contributed by atoms with E-state index in [4.69, 9.17) is 0 Å². The van der Waals surface area contributed by atoms with Crippen LogP contribution in [0.4, 0.5) is 4.79 Å². The van der Waals surface area contributed by atoms with E-state index in [-0.39, 0.29) is 6.03 Å². The average Bonchev–Trinajstić information content (AvgIpc) is 2.74. The van der Waals surface area contributed by atoms with Crippen LogP contribution in [0, 0.1) is 17.8 Å². The zero-order valence-corrected chi connectivity index (χ0v) is 7.92. The molecular weight excluding hydrogens is 164 g/mol. The second-order valence-electron chi connectivity index (χ2n) is 4.00. The van der Waals surface area contributed by atoms with Crippen molar-refractivity contribution >= 4 is 6.03 Å². The molecule has 3 nitrogen and oxygen atoms in total. The van der Waals surface area contributed by atoms with Gasteiger partial charge in [0.15, 0.2) is 0 Å². The molecule has 0 radical (unpaired) electrons. The molecule has 2 aliphatic rings. The van der Waals surface area contributed by atoms with Crippen LogP contribution in [0.5, 0.6) is 0 Å². The first-order chi connectivity index (χ1) is 6.29. The summed E-state index contributed by atoms with van der Waals surface area (Å²) in [6, 6.07) is -0.0632. The highest BCUT2D eigenvalue weighted by molar-refractivity contribution is 5.73. The van der Waals surface area contributed by atoms with E-state index in [2.05, 4.69) is 22.8 Å². The number of hydrogen-bond donors (Lipinski definition) is 2. The Bertz CT molecular complexity index is 237. The third kappa shape index (κ3) is 1.69. The number of urea groups is 1. The molecular formula is C10H16N2O. The lowest BCUT2D eigenvalue weighted by molar-refractivity contribution is 0.240. The Morgan fingerprint density at radius 3 is 2.85 bits per heavy atom. The molecule has 0 aliphatic heterocycles. The Morgan fingerprint density at radius 2 is 2.31 bits per heavy atom. The lowest BCUT2D eigenvalue weighted by atomic mass is 9.94. The van der Waals surface area contributed by atoms with E-state index >= 15 is 0 Å². The van der Waals surface area contributed by atoms with Gasteiger partial charge in [0.2, 0.25) is 0 Å². The zero-order valence-electron chi connectivity index (χ0n) is 7.92. The van der Waals surface area contributed by atoms with Gasteiger partial charge in [0.1, 0.15) is 0 Å². The van der Waals surface area contributed by atoms with E-state index in [0.717, 1.165) is 18.4 Å². The molecule has 0 aromatic heterocycles. The Labute approximate surface area is 78.6 Å². The largest absolute Gasteiger partial charge is 0.341 e. The summed E-state index contributed by atoms with van der Waals surface area (Å²) < 4.78 is 0. The van der Waals surface area contributed by atoms with E-state index < -0.39 is 0 Å². The fourth-order valence-electron chi connectivity index (χ4n) is 2.44. The van der Waals surface area contributed by atoms with Gasteiger partial charge in [0.25, 0.3) is 0 Å². The SMILES string of the molecule is CNC(=O)NC[C@@H]1CC2C=CC1C2. The van der Waals surface area contributed by atoms with Crippen LogP contribution in [0.25, 0.3) is 0 Å². The van der Waals surface area contributed by atoms with Crippen molar-refractivity contribution in [3.05, 3.63) is 12.2 Å². The molecule has 2 aliphatic carbocycles. The van der Waals surface area contributed by atoms with Crippen LogP contribution in [0.3, 0.4) is 0 Å². The maximum atomic E-state index is 10.9. The van der Waals surface area contributed by atoms with Crippen LogP contribution >= 0.6 is 0 Å². The first kappa shape index (κ1) is 8.60. The van der Waals surface area contributed by atoms with Crippen LogP contribution < -0.4 is 10.6 Å². The molecule has 0 aromatic rings. The van der Waals surface area contributed by atoms with E-state index in [9.17, 15) is 4.79 Å². The molecule has 0 heterocycles. The highest BCUT2D eigenvalue weighted by atomic mass is 16.2. The summed E-state index contributed by atoms with van der Waals surface area (Å²) in [5, 5.41) is 5.44. The van der Waals surface area contributed by atoms with Crippen molar-refractivity contribution < 1.29 is 4.79 Å². The van der Waals surface area contributed by atoms with E-state index in [1.165, 1.54) is 12.8 Å². The fourth-order valence-corrected chi connectivity index (χ4v) is 2.44. The lowest BCUT2D eigenvalue weighted by Crippen LogP contribution is -2.37. The summed E-state index contributed by atoms with van der Waals surface area (Å²) in [5.41, 5.74) is 0. The molecule has 1 fully saturated rings. The molecule has 2 bridgehead atoms. The smallest absolute Gasteiger partial charge is 0.314 e. The van der Waals surface area contributed by atoms with Crippen molar-refractivity contribution in [2.45, 2.75) is 12.8 Å². The number of amides is 2. The van der Waals surface area contributed by atoms with Crippen molar-refractivity contribution in [3.63, 3.8) is 0 Å². The lowest BCUT2D eigenvalue weighted by Gasteiger charge is -2.18. The molecule has 2 N–H and O–H groups in total.